The average molecular weight is 377 g/mol. The van der Waals surface area contributed by atoms with Gasteiger partial charge in [-0.25, -0.2) is 9.59 Å². The maximum absolute atomic E-state index is 12.0. The van der Waals surface area contributed by atoms with E-state index in [0.29, 0.717) is 19.6 Å². The van der Waals surface area contributed by atoms with Crippen molar-refractivity contribution in [3.63, 3.8) is 0 Å². The van der Waals surface area contributed by atoms with Crippen LogP contribution in [0.4, 0.5) is 9.59 Å². The van der Waals surface area contributed by atoms with Crippen molar-refractivity contribution in [1.82, 2.24) is 15.5 Å². The lowest BCUT2D eigenvalue weighted by Gasteiger charge is -2.40. The lowest BCUT2D eigenvalue weighted by atomic mass is 10.0. The number of alkyl carbamates (subject to hydrolysis) is 1. The Labute approximate surface area is 161 Å². The first-order valence-corrected chi connectivity index (χ1v) is 9.24. The Hall–Kier alpha value is -2.28. The molecule has 1 saturated heterocycles. The largest absolute Gasteiger partial charge is 0.445 e. The van der Waals surface area contributed by atoms with Gasteiger partial charge in [0.1, 0.15) is 12.2 Å². The Morgan fingerprint density at radius 3 is 2.33 bits per heavy atom. The van der Waals surface area contributed by atoms with Gasteiger partial charge in [0, 0.05) is 25.7 Å². The molecular weight excluding hydrogens is 346 g/mol. The number of likely N-dealkylation sites (tertiary alicyclic amines) is 1. The molecule has 0 unspecified atom stereocenters. The number of hydrogen-bond donors (Lipinski definition) is 2. The molecule has 1 aliphatic rings. The van der Waals surface area contributed by atoms with Gasteiger partial charge >= 0.3 is 12.2 Å². The summed E-state index contributed by atoms with van der Waals surface area (Å²) in [5.41, 5.74) is -0.0188. The standard InChI is InChI=1S/C20H31N3O4/c1-19(2,3)27-17(24)22-20(4,5)14-21-16-11-23(12-16)18(25)26-13-15-9-7-6-8-10-15/h6-10,16,21H,11-14H2,1-5H3,(H,22,24). The number of nitrogens with one attached hydrogen (secondary N) is 2. The smallest absolute Gasteiger partial charge is 0.410 e. The zero-order valence-electron chi connectivity index (χ0n) is 16.9. The van der Waals surface area contributed by atoms with Crippen LogP contribution in [0.1, 0.15) is 40.2 Å². The topological polar surface area (TPSA) is 79.9 Å². The fourth-order valence-electron chi connectivity index (χ4n) is 2.59. The van der Waals surface area contributed by atoms with Crippen LogP contribution in [-0.4, -0.2) is 53.9 Å². The quantitative estimate of drug-likeness (QED) is 0.797. The summed E-state index contributed by atoms with van der Waals surface area (Å²) in [6, 6.07) is 9.80. The first-order valence-electron chi connectivity index (χ1n) is 9.24. The molecule has 0 bridgehead atoms. The number of carbonyl (C=O) groups excluding carboxylic acids is 2. The van der Waals surface area contributed by atoms with Gasteiger partial charge in [-0.3, -0.25) is 0 Å². The summed E-state index contributed by atoms with van der Waals surface area (Å²) in [4.78, 5) is 25.6. The van der Waals surface area contributed by atoms with E-state index in [1.165, 1.54) is 0 Å². The predicted molar refractivity (Wildman–Crippen MR) is 103 cm³/mol. The maximum Gasteiger partial charge on any atom is 0.410 e. The van der Waals surface area contributed by atoms with Gasteiger partial charge in [-0.2, -0.15) is 0 Å². The van der Waals surface area contributed by atoms with E-state index in [4.69, 9.17) is 9.47 Å². The Morgan fingerprint density at radius 1 is 1.11 bits per heavy atom. The number of amides is 2. The van der Waals surface area contributed by atoms with Crippen molar-refractivity contribution in [3.05, 3.63) is 35.9 Å². The zero-order valence-corrected chi connectivity index (χ0v) is 16.9. The van der Waals surface area contributed by atoms with Crippen LogP contribution in [0.2, 0.25) is 0 Å². The first-order chi connectivity index (χ1) is 12.5. The fraction of sp³-hybridized carbons (Fsp3) is 0.600. The van der Waals surface area contributed by atoms with E-state index < -0.39 is 17.2 Å². The van der Waals surface area contributed by atoms with Crippen LogP contribution in [0, 0.1) is 0 Å². The molecule has 1 aliphatic heterocycles. The minimum Gasteiger partial charge on any atom is -0.445 e. The molecule has 0 radical (unpaired) electrons. The predicted octanol–water partition coefficient (Wildman–Crippen LogP) is 2.90. The third-order valence-electron chi connectivity index (χ3n) is 4.02. The van der Waals surface area contributed by atoms with Crippen molar-refractivity contribution < 1.29 is 19.1 Å². The van der Waals surface area contributed by atoms with E-state index in [2.05, 4.69) is 10.6 Å². The highest BCUT2D eigenvalue weighted by Crippen LogP contribution is 2.13. The monoisotopic (exact) mass is 377 g/mol. The first kappa shape index (κ1) is 21.0. The number of carbonyl (C=O) groups is 2. The summed E-state index contributed by atoms with van der Waals surface area (Å²) in [6.07, 6.45) is -0.739. The van der Waals surface area contributed by atoms with Crippen molar-refractivity contribution >= 4 is 12.2 Å². The second-order valence-corrected chi connectivity index (χ2v) is 8.53. The van der Waals surface area contributed by atoms with E-state index >= 15 is 0 Å². The molecule has 7 heteroatoms. The van der Waals surface area contributed by atoms with E-state index in [0.717, 1.165) is 5.56 Å². The van der Waals surface area contributed by atoms with E-state index in [1.807, 2.05) is 65.0 Å². The van der Waals surface area contributed by atoms with Crippen molar-refractivity contribution in [1.29, 1.82) is 0 Å². The van der Waals surface area contributed by atoms with Gasteiger partial charge < -0.3 is 25.0 Å². The number of benzene rings is 1. The van der Waals surface area contributed by atoms with Gasteiger partial charge in [-0.05, 0) is 40.2 Å². The molecule has 0 atom stereocenters. The van der Waals surface area contributed by atoms with Crippen LogP contribution in [0.15, 0.2) is 30.3 Å². The summed E-state index contributed by atoms with van der Waals surface area (Å²) >= 11 is 0. The van der Waals surface area contributed by atoms with Crippen molar-refractivity contribution in [2.75, 3.05) is 19.6 Å². The van der Waals surface area contributed by atoms with Crippen LogP contribution in [0.3, 0.4) is 0 Å². The molecule has 7 nitrogen and oxygen atoms in total. The Bertz CT molecular complexity index is 634. The molecule has 2 N–H and O–H groups in total. The summed E-state index contributed by atoms with van der Waals surface area (Å²) in [5.74, 6) is 0. The summed E-state index contributed by atoms with van der Waals surface area (Å²) in [7, 11) is 0. The number of rotatable bonds is 6. The van der Waals surface area contributed by atoms with Crippen molar-refractivity contribution in [2.45, 2.75) is 58.4 Å². The molecule has 0 aromatic heterocycles. The Kier molecular flexibility index (Phi) is 6.70. The lowest BCUT2D eigenvalue weighted by Crippen LogP contribution is -2.63. The van der Waals surface area contributed by atoms with Gasteiger partial charge in [0.15, 0.2) is 0 Å². The van der Waals surface area contributed by atoms with Gasteiger partial charge in [-0.15, -0.1) is 0 Å². The molecule has 0 spiro atoms. The molecular formula is C20H31N3O4. The van der Waals surface area contributed by atoms with Gasteiger partial charge in [0.05, 0.1) is 5.54 Å². The molecule has 2 rings (SSSR count). The lowest BCUT2D eigenvalue weighted by molar-refractivity contribution is 0.0454. The van der Waals surface area contributed by atoms with Gasteiger partial charge in [-0.1, -0.05) is 30.3 Å². The van der Waals surface area contributed by atoms with Crippen LogP contribution in [0.25, 0.3) is 0 Å². The van der Waals surface area contributed by atoms with Crippen LogP contribution in [0.5, 0.6) is 0 Å². The molecule has 150 valence electrons. The molecule has 1 aromatic carbocycles. The van der Waals surface area contributed by atoms with E-state index in [9.17, 15) is 9.59 Å². The second kappa shape index (κ2) is 8.61. The molecule has 1 heterocycles. The average Bonchev–Trinajstić information content (AvgIpc) is 2.49. The second-order valence-electron chi connectivity index (χ2n) is 8.53. The summed E-state index contributed by atoms with van der Waals surface area (Å²) < 4.78 is 10.6. The maximum atomic E-state index is 12.0. The molecule has 1 fully saturated rings. The zero-order chi connectivity index (χ0) is 20.1. The summed E-state index contributed by atoms with van der Waals surface area (Å²) in [6.45, 7) is 11.4. The van der Waals surface area contributed by atoms with Crippen molar-refractivity contribution in [2.24, 2.45) is 0 Å². The number of ether oxygens (including phenoxy) is 2. The number of nitrogens with zero attached hydrogens (tertiary/aromatic N) is 1. The SMILES string of the molecule is CC(C)(CNC1CN(C(=O)OCc2ccccc2)C1)NC(=O)OC(C)(C)C. The highest BCUT2D eigenvalue weighted by Gasteiger charge is 2.33. The highest BCUT2D eigenvalue weighted by atomic mass is 16.6. The normalized spacial score (nSPS) is 15.1. The molecule has 27 heavy (non-hydrogen) atoms. The Balaban J connectivity index is 1.64. The fourth-order valence-corrected chi connectivity index (χ4v) is 2.59. The molecule has 0 saturated carbocycles. The Morgan fingerprint density at radius 2 is 1.74 bits per heavy atom. The van der Waals surface area contributed by atoms with Crippen LogP contribution >= 0.6 is 0 Å². The van der Waals surface area contributed by atoms with Crippen molar-refractivity contribution in [3.8, 4) is 0 Å². The van der Waals surface area contributed by atoms with Gasteiger partial charge in [0.2, 0.25) is 0 Å². The van der Waals surface area contributed by atoms with Gasteiger partial charge in [0.25, 0.3) is 0 Å². The minimum atomic E-state index is -0.526. The number of hydrogen-bond acceptors (Lipinski definition) is 5. The highest BCUT2D eigenvalue weighted by molar-refractivity contribution is 5.69. The summed E-state index contributed by atoms with van der Waals surface area (Å²) in [5, 5.41) is 6.23. The third kappa shape index (κ3) is 7.46. The third-order valence-corrected chi connectivity index (χ3v) is 4.02. The molecule has 0 aliphatic carbocycles. The van der Waals surface area contributed by atoms with E-state index in [-0.39, 0.29) is 18.7 Å². The van der Waals surface area contributed by atoms with Crippen LogP contribution in [-0.2, 0) is 16.1 Å². The van der Waals surface area contributed by atoms with E-state index in [1.54, 1.807) is 4.90 Å². The van der Waals surface area contributed by atoms with Crippen LogP contribution < -0.4 is 10.6 Å². The molecule has 1 aromatic rings. The molecule has 2 amide bonds. The minimum absolute atomic E-state index is 0.189.